The predicted octanol–water partition coefficient (Wildman–Crippen LogP) is 1.75. The zero-order valence-electron chi connectivity index (χ0n) is 11.4. The highest BCUT2D eigenvalue weighted by Crippen LogP contribution is 2.21. The molecule has 4 nitrogen and oxygen atoms in total. The summed E-state index contributed by atoms with van der Waals surface area (Å²) in [5.74, 6) is -0.278. The number of carbonyl (C=O) groups excluding carboxylic acids is 1. The van der Waals surface area contributed by atoms with Gasteiger partial charge in [-0.15, -0.1) is 0 Å². The molecule has 0 bridgehead atoms. The van der Waals surface area contributed by atoms with Crippen LogP contribution in [0.4, 0.5) is 0 Å². The van der Waals surface area contributed by atoms with Gasteiger partial charge in [-0.25, -0.2) is 4.79 Å². The number of rotatable bonds is 6. The summed E-state index contributed by atoms with van der Waals surface area (Å²) < 4.78 is 9.83. The Balaban J connectivity index is 2.94. The van der Waals surface area contributed by atoms with Gasteiger partial charge in [-0.2, -0.15) is 0 Å². The lowest BCUT2D eigenvalue weighted by atomic mass is 9.97. The lowest BCUT2D eigenvalue weighted by Crippen LogP contribution is -2.32. The van der Waals surface area contributed by atoms with Gasteiger partial charge in [-0.1, -0.05) is 18.2 Å². The van der Waals surface area contributed by atoms with E-state index in [-0.39, 0.29) is 5.97 Å². The average molecular weight is 251 g/mol. The van der Waals surface area contributed by atoms with Crippen LogP contribution in [0.2, 0.25) is 0 Å². The van der Waals surface area contributed by atoms with E-state index in [1.165, 1.54) is 7.11 Å². The predicted molar refractivity (Wildman–Crippen MR) is 70.6 cm³/mol. The SMILES string of the molecule is COCCNC(C(=O)OC)c1cccc(C)c1C. The summed E-state index contributed by atoms with van der Waals surface area (Å²) in [6.07, 6.45) is 0. The number of methoxy groups -OCH3 is 2. The van der Waals surface area contributed by atoms with Gasteiger partial charge >= 0.3 is 5.97 Å². The normalized spacial score (nSPS) is 12.2. The first-order chi connectivity index (χ1) is 8.61. The van der Waals surface area contributed by atoms with Crippen molar-refractivity contribution in [2.24, 2.45) is 0 Å². The van der Waals surface area contributed by atoms with Crippen LogP contribution < -0.4 is 5.32 Å². The molecule has 1 aromatic carbocycles. The highest BCUT2D eigenvalue weighted by molar-refractivity contribution is 5.78. The molecular formula is C14H21NO3. The fourth-order valence-electron chi connectivity index (χ4n) is 1.83. The molecule has 0 saturated carbocycles. The van der Waals surface area contributed by atoms with Crippen molar-refractivity contribution < 1.29 is 14.3 Å². The summed E-state index contributed by atoms with van der Waals surface area (Å²) >= 11 is 0. The highest BCUT2D eigenvalue weighted by Gasteiger charge is 2.22. The van der Waals surface area contributed by atoms with E-state index in [0.717, 1.165) is 16.7 Å². The minimum absolute atomic E-state index is 0.278. The fourth-order valence-corrected chi connectivity index (χ4v) is 1.83. The van der Waals surface area contributed by atoms with Gasteiger partial charge in [-0.3, -0.25) is 5.32 Å². The van der Waals surface area contributed by atoms with E-state index in [9.17, 15) is 4.79 Å². The molecule has 0 spiro atoms. The Morgan fingerprint density at radius 3 is 2.67 bits per heavy atom. The van der Waals surface area contributed by atoms with Crippen LogP contribution in [-0.4, -0.2) is 33.3 Å². The second-order valence-electron chi connectivity index (χ2n) is 4.19. The van der Waals surface area contributed by atoms with Crippen LogP contribution in [0.3, 0.4) is 0 Å². The second-order valence-corrected chi connectivity index (χ2v) is 4.19. The minimum atomic E-state index is -0.440. The van der Waals surface area contributed by atoms with Crippen molar-refractivity contribution in [3.63, 3.8) is 0 Å². The molecule has 0 fully saturated rings. The van der Waals surface area contributed by atoms with E-state index in [1.54, 1.807) is 7.11 Å². The quantitative estimate of drug-likeness (QED) is 0.618. The van der Waals surface area contributed by atoms with Crippen LogP contribution in [0.5, 0.6) is 0 Å². The Morgan fingerprint density at radius 2 is 2.06 bits per heavy atom. The lowest BCUT2D eigenvalue weighted by Gasteiger charge is -2.19. The number of hydrogen-bond acceptors (Lipinski definition) is 4. The summed E-state index contributed by atoms with van der Waals surface area (Å²) in [7, 11) is 3.03. The molecule has 0 saturated heterocycles. The Labute approximate surface area is 108 Å². The van der Waals surface area contributed by atoms with Gasteiger partial charge in [0, 0.05) is 13.7 Å². The van der Waals surface area contributed by atoms with Crippen LogP contribution in [0.25, 0.3) is 0 Å². The van der Waals surface area contributed by atoms with Gasteiger partial charge in [0.25, 0.3) is 0 Å². The molecule has 0 aliphatic rings. The minimum Gasteiger partial charge on any atom is -0.468 e. The third-order valence-electron chi connectivity index (χ3n) is 3.05. The number of ether oxygens (including phenoxy) is 2. The third kappa shape index (κ3) is 3.55. The average Bonchev–Trinajstić information content (AvgIpc) is 2.38. The van der Waals surface area contributed by atoms with Crippen molar-refractivity contribution >= 4 is 5.97 Å². The molecule has 0 radical (unpaired) electrons. The van der Waals surface area contributed by atoms with Crippen LogP contribution >= 0.6 is 0 Å². The summed E-state index contributed by atoms with van der Waals surface area (Å²) in [5.41, 5.74) is 3.23. The molecule has 0 aromatic heterocycles. The zero-order chi connectivity index (χ0) is 13.5. The molecule has 18 heavy (non-hydrogen) atoms. The third-order valence-corrected chi connectivity index (χ3v) is 3.05. The second kappa shape index (κ2) is 7.13. The van der Waals surface area contributed by atoms with Crippen molar-refractivity contribution in [2.75, 3.05) is 27.4 Å². The van der Waals surface area contributed by atoms with E-state index in [4.69, 9.17) is 9.47 Å². The largest absolute Gasteiger partial charge is 0.468 e. The summed E-state index contributed by atoms with van der Waals surface area (Å²) in [5, 5.41) is 3.16. The number of hydrogen-bond donors (Lipinski definition) is 1. The first-order valence-electron chi connectivity index (χ1n) is 5.98. The highest BCUT2D eigenvalue weighted by atomic mass is 16.5. The van der Waals surface area contributed by atoms with Gasteiger partial charge < -0.3 is 9.47 Å². The molecule has 0 aliphatic carbocycles. The molecule has 100 valence electrons. The van der Waals surface area contributed by atoms with Gasteiger partial charge in [0.15, 0.2) is 0 Å². The molecule has 1 unspecified atom stereocenters. The van der Waals surface area contributed by atoms with Gasteiger partial charge in [0.2, 0.25) is 0 Å². The molecule has 1 atom stereocenters. The molecular weight excluding hydrogens is 230 g/mol. The Hall–Kier alpha value is -1.39. The van der Waals surface area contributed by atoms with E-state index < -0.39 is 6.04 Å². The monoisotopic (exact) mass is 251 g/mol. The van der Waals surface area contributed by atoms with E-state index in [1.807, 2.05) is 32.0 Å². The summed E-state index contributed by atoms with van der Waals surface area (Å²) in [4.78, 5) is 11.8. The first-order valence-corrected chi connectivity index (χ1v) is 5.98. The molecule has 1 aromatic rings. The van der Waals surface area contributed by atoms with Crippen LogP contribution in [0.1, 0.15) is 22.7 Å². The zero-order valence-corrected chi connectivity index (χ0v) is 11.4. The lowest BCUT2D eigenvalue weighted by molar-refractivity contribution is -0.143. The number of benzene rings is 1. The first kappa shape index (κ1) is 14.7. The molecule has 0 amide bonds. The van der Waals surface area contributed by atoms with Crippen molar-refractivity contribution in [2.45, 2.75) is 19.9 Å². The van der Waals surface area contributed by atoms with E-state index >= 15 is 0 Å². The number of nitrogens with one attached hydrogen (secondary N) is 1. The van der Waals surface area contributed by atoms with Gasteiger partial charge in [-0.05, 0) is 30.5 Å². The smallest absolute Gasteiger partial charge is 0.327 e. The van der Waals surface area contributed by atoms with Gasteiger partial charge in [0.05, 0.1) is 13.7 Å². The molecule has 0 aliphatic heterocycles. The molecule has 4 heteroatoms. The standard InChI is InChI=1S/C14H21NO3/c1-10-6-5-7-12(11(10)2)13(14(16)18-4)15-8-9-17-3/h5-7,13,15H,8-9H2,1-4H3. The topological polar surface area (TPSA) is 47.6 Å². The van der Waals surface area contributed by atoms with Crippen molar-refractivity contribution in [3.8, 4) is 0 Å². The van der Waals surface area contributed by atoms with E-state index in [0.29, 0.717) is 13.2 Å². The number of carbonyl (C=O) groups is 1. The van der Waals surface area contributed by atoms with Crippen LogP contribution in [0.15, 0.2) is 18.2 Å². The summed E-state index contributed by atoms with van der Waals surface area (Å²) in [6, 6.07) is 5.49. The van der Waals surface area contributed by atoms with Crippen molar-refractivity contribution in [3.05, 3.63) is 34.9 Å². The molecule has 1 rings (SSSR count). The maximum atomic E-state index is 11.8. The van der Waals surface area contributed by atoms with Crippen LogP contribution in [0, 0.1) is 13.8 Å². The number of aryl methyl sites for hydroxylation is 1. The van der Waals surface area contributed by atoms with Crippen LogP contribution in [-0.2, 0) is 14.3 Å². The Kier molecular flexibility index (Phi) is 5.82. The maximum absolute atomic E-state index is 11.8. The Bertz CT molecular complexity index is 404. The number of esters is 1. The van der Waals surface area contributed by atoms with Gasteiger partial charge in [0.1, 0.15) is 6.04 Å². The maximum Gasteiger partial charge on any atom is 0.327 e. The molecule has 0 heterocycles. The van der Waals surface area contributed by atoms with Crippen molar-refractivity contribution in [1.29, 1.82) is 0 Å². The van der Waals surface area contributed by atoms with Crippen molar-refractivity contribution in [1.82, 2.24) is 5.32 Å². The Morgan fingerprint density at radius 1 is 1.33 bits per heavy atom. The summed E-state index contributed by atoms with van der Waals surface area (Å²) in [6.45, 7) is 5.20. The fraction of sp³-hybridized carbons (Fsp3) is 0.500. The molecule has 1 N–H and O–H groups in total. The van der Waals surface area contributed by atoms with E-state index in [2.05, 4.69) is 5.32 Å².